The van der Waals surface area contributed by atoms with Crippen LogP contribution < -0.4 is 10.1 Å². The summed E-state index contributed by atoms with van der Waals surface area (Å²) in [6.07, 6.45) is 2.36. The molecular weight excluding hydrogens is 226 g/mol. The first-order chi connectivity index (χ1) is 8.67. The van der Waals surface area contributed by atoms with E-state index in [4.69, 9.17) is 4.74 Å². The standard InChI is InChI=1S/C15H23NO2/c1-4-6-11-16-15(17)14(5-2)18-13-9-7-12(3)8-10-13/h7-10,14H,4-6,11H2,1-3H3,(H,16,17). The second-order valence-electron chi connectivity index (χ2n) is 4.47. The van der Waals surface area contributed by atoms with Crippen molar-refractivity contribution in [2.75, 3.05) is 6.54 Å². The van der Waals surface area contributed by atoms with E-state index in [0.29, 0.717) is 6.42 Å². The summed E-state index contributed by atoms with van der Waals surface area (Å²) in [6.45, 7) is 6.81. The number of nitrogens with one attached hydrogen (secondary N) is 1. The largest absolute Gasteiger partial charge is 0.481 e. The summed E-state index contributed by atoms with van der Waals surface area (Å²) in [4.78, 5) is 11.9. The predicted molar refractivity (Wildman–Crippen MR) is 73.8 cm³/mol. The molecule has 0 heterocycles. The highest BCUT2D eigenvalue weighted by molar-refractivity contribution is 5.81. The lowest BCUT2D eigenvalue weighted by atomic mass is 10.2. The molecule has 0 saturated heterocycles. The highest BCUT2D eigenvalue weighted by Crippen LogP contribution is 2.14. The zero-order valence-corrected chi connectivity index (χ0v) is 11.5. The van der Waals surface area contributed by atoms with Gasteiger partial charge in [0.2, 0.25) is 0 Å². The van der Waals surface area contributed by atoms with Crippen molar-refractivity contribution in [2.45, 2.75) is 46.1 Å². The highest BCUT2D eigenvalue weighted by Gasteiger charge is 2.17. The molecule has 1 amide bonds. The molecule has 1 N–H and O–H groups in total. The van der Waals surface area contributed by atoms with Crippen LogP contribution in [0.15, 0.2) is 24.3 Å². The summed E-state index contributed by atoms with van der Waals surface area (Å²) >= 11 is 0. The molecule has 18 heavy (non-hydrogen) atoms. The minimum Gasteiger partial charge on any atom is -0.481 e. The van der Waals surface area contributed by atoms with Crippen molar-refractivity contribution in [3.05, 3.63) is 29.8 Å². The molecule has 1 rings (SSSR count). The maximum Gasteiger partial charge on any atom is 0.261 e. The Bertz CT molecular complexity index is 359. The fourth-order valence-corrected chi connectivity index (χ4v) is 1.61. The number of carbonyl (C=O) groups excluding carboxylic acids is 1. The average Bonchev–Trinajstić information content (AvgIpc) is 2.38. The van der Waals surface area contributed by atoms with Gasteiger partial charge in [-0.1, -0.05) is 38.0 Å². The number of carbonyl (C=O) groups is 1. The van der Waals surface area contributed by atoms with Crippen LogP contribution in [0.3, 0.4) is 0 Å². The van der Waals surface area contributed by atoms with Crippen LogP contribution in [0.4, 0.5) is 0 Å². The molecule has 0 bridgehead atoms. The molecule has 3 heteroatoms. The van der Waals surface area contributed by atoms with Crippen LogP contribution in [0.25, 0.3) is 0 Å². The summed E-state index contributed by atoms with van der Waals surface area (Å²) in [5.74, 6) is 0.726. The van der Waals surface area contributed by atoms with E-state index in [1.165, 1.54) is 5.56 Å². The number of hydrogen-bond donors (Lipinski definition) is 1. The van der Waals surface area contributed by atoms with Crippen LogP contribution in [-0.2, 0) is 4.79 Å². The number of hydrogen-bond acceptors (Lipinski definition) is 2. The van der Waals surface area contributed by atoms with Crippen molar-refractivity contribution in [2.24, 2.45) is 0 Å². The lowest BCUT2D eigenvalue weighted by Gasteiger charge is -2.17. The predicted octanol–water partition coefficient (Wildman–Crippen LogP) is 3.07. The Morgan fingerprint density at radius 2 is 1.94 bits per heavy atom. The first-order valence-electron chi connectivity index (χ1n) is 6.68. The summed E-state index contributed by atoms with van der Waals surface area (Å²) in [5, 5.41) is 2.90. The topological polar surface area (TPSA) is 38.3 Å². The Morgan fingerprint density at radius 3 is 2.50 bits per heavy atom. The fraction of sp³-hybridized carbons (Fsp3) is 0.533. The normalized spacial score (nSPS) is 11.9. The van der Waals surface area contributed by atoms with Gasteiger partial charge in [-0.2, -0.15) is 0 Å². The van der Waals surface area contributed by atoms with Gasteiger partial charge in [0.15, 0.2) is 6.10 Å². The second kappa shape index (κ2) is 7.75. The first-order valence-corrected chi connectivity index (χ1v) is 6.68. The van der Waals surface area contributed by atoms with Crippen LogP contribution in [0.1, 0.15) is 38.7 Å². The smallest absolute Gasteiger partial charge is 0.261 e. The van der Waals surface area contributed by atoms with E-state index in [-0.39, 0.29) is 5.91 Å². The summed E-state index contributed by atoms with van der Waals surface area (Å²) < 4.78 is 5.70. The Balaban J connectivity index is 2.50. The van der Waals surface area contributed by atoms with Gasteiger partial charge in [0.05, 0.1) is 0 Å². The molecule has 1 aromatic carbocycles. The molecule has 0 aromatic heterocycles. The van der Waals surface area contributed by atoms with Gasteiger partial charge in [0.1, 0.15) is 5.75 Å². The van der Waals surface area contributed by atoms with Gasteiger partial charge in [-0.05, 0) is 31.9 Å². The zero-order valence-electron chi connectivity index (χ0n) is 11.5. The molecule has 1 unspecified atom stereocenters. The van der Waals surface area contributed by atoms with E-state index in [9.17, 15) is 4.79 Å². The molecule has 0 spiro atoms. The van der Waals surface area contributed by atoms with Crippen molar-refractivity contribution in [1.29, 1.82) is 0 Å². The lowest BCUT2D eigenvalue weighted by Crippen LogP contribution is -2.38. The van der Waals surface area contributed by atoms with E-state index >= 15 is 0 Å². The van der Waals surface area contributed by atoms with Gasteiger partial charge >= 0.3 is 0 Å². The third kappa shape index (κ3) is 4.78. The number of benzene rings is 1. The molecule has 100 valence electrons. The molecule has 1 aromatic rings. The van der Waals surface area contributed by atoms with Crippen LogP contribution in [-0.4, -0.2) is 18.6 Å². The minimum atomic E-state index is -0.399. The third-order valence-corrected chi connectivity index (χ3v) is 2.79. The Morgan fingerprint density at radius 1 is 1.28 bits per heavy atom. The average molecular weight is 249 g/mol. The Labute approximate surface area is 110 Å². The van der Waals surface area contributed by atoms with Crippen molar-refractivity contribution in [3.63, 3.8) is 0 Å². The SMILES string of the molecule is CCCCNC(=O)C(CC)Oc1ccc(C)cc1. The molecule has 1 atom stereocenters. The maximum absolute atomic E-state index is 11.9. The van der Waals surface area contributed by atoms with E-state index in [1.54, 1.807) is 0 Å². The lowest BCUT2D eigenvalue weighted by molar-refractivity contribution is -0.128. The second-order valence-corrected chi connectivity index (χ2v) is 4.47. The number of rotatable bonds is 7. The van der Waals surface area contributed by atoms with Gasteiger partial charge in [0.25, 0.3) is 5.91 Å². The van der Waals surface area contributed by atoms with Gasteiger partial charge in [-0.15, -0.1) is 0 Å². The molecule has 3 nitrogen and oxygen atoms in total. The molecule has 0 saturated carbocycles. The minimum absolute atomic E-state index is 0.0217. The summed E-state index contributed by atoms with van der Waals surface area (Å²) in [7, 11) is 0. The summed E-state index contributed by atoms with van der Waals surface area (Å²) in [6, 6.07) is 7.77. The quantitative estimate of drug-likeness (QED) is 0.754. The number of unbranched alkanes of at least 4 members (excludes halogenated alkanes) is 1. The maximum atomic E-state index is 11.9. The Hall–Kier alpha value is -1.51. The summed E-state index contributed by atoms with van der Waals surface area (Å²) in [5.41, 5.74) is 1.18. The van der Waals surface area contributed by atoms with E-state index < -0.39 is 6.10 Å². The Kier molecular flexibility index (Phi) is 6.26. The van der Waals surface area contributed by atoms with Crippen molar-refractivity contribution in [1.82, 2.24) is 5.32 Å². The number of ether oxygens (including phenoxy) is 1. The molecular formula is C15H23NO2. The highest BCUT2D eigenvalue weighted by atomic mass is 16.5. The van der Waals surface area contributed by atoms with Crippen molar-refractivity contribution >= 4 is 5.91 Å². The molecule has 0 radical (unpaired) electrons. The number of aryl methyl sites for hydroxylation is 1. The fourth-order valence-electron chi connectivity index (χ4n) is 1.61. The van der Waals surface area contributed by atoms with Gasteiger partial charge < -0.3 is 10.1 Å². The van der Waals surface area contributed by atoms with Crippen LogP contribution in [0.2, 0.25) is 0 Å². The van der Waals surface area contributed by atoms with Crippen LogP contribution >= 0.6 is 0 Å². The van der Waals surface area contributed by atoms with Gasteiger partial charge in [-0.25, -0.2) is 0 Å². The van der Waals surface area contributed by atoms with E-state index in [0.717, 1.165) is 25.1 Å². The van der Waals surface area contributed by atoms with Crippen molar-refractivity contribution < 1.29 is 9.53 Å². The molecule has 0 aliphatic rings. The van der Waals surface area contributed by atoms with Gasteiger partial charge in [-0.3, -0.25) is 4.79 Å². The van der Waals surface area contributed by atoms with Crippen LogP contribution in [0.5, 0.6) is 5.75 Å². The van der Waals surface area contributed by atoms with Crippen molar-refractivity contribution in [3.8, 4) is 5.75 Å². The third-order valence-electron chi connectivity index (χ3n) is 2.79. The first kappa shape index (κ1) is 14.6. The molecule has 0 fully saturated rings. The van der Waals surface area contributed by atoms with E-state index in [1.807, 2.05) is 38.1 Å². The molecule has 0 aliphatic heterocycles. The molecule has 0 aliphatic carbocycles. The number of amides is 1. The monoisotopic (exact) mass is 249 g/mol. The van der Waals surface area contributed by atoms with Gasteiger partial charge in [0, 0.05) is 6.54 Å². The van der Waals surface area contributed by atoms with Crippen LogP contribution in [0, 0.1) is 6.92 Å². The zero-order chi connectivity index (χ0) is 13.4. The van der Waals surface area contributed by atoms with E-state index in [2.05, 4.69) is 12.2 Å².